The molecule has 0 bridgehead atoms. The molecule has 0 heterocycles. The van der Waals surface area contributed by atoms with Gasteiger partial charge < -0.3 is 10.4 Å². The highest BCUT2D eigenvalue weighted by atomic mass is 19.1. The Morgan fingerprint density at radius 1 is 1.14 bits per heavy atom. The van der Waals surface area contributed by atoms with Crippen molar-refractivity contribution in [2.75, 3.05) is 0 Å². The Balaban J connectivity index is 1.97. The fourth-order valence-electron chi connectivity index (χ4n) is 2.26. The first kappa shape index (κ1) is 16.2. The zero-order chi connectivity index (χ0) is 15.9. The molecular weight excluding hydrogens is 281 g/mol. The Labute approximate surface area is 129 Å². The maximum atomic E-state index is 13.3. The zero-order valence-corrected chi connectivity index (χ0v) is 12.6. The molecule has 2 aromatic rings. The highest BCUT2D eigenvalue weighted by Gasteiger charge is 2.07. The van der Waals surface area contributed by atoms with Crippen molar-refractivity contribution in [3.05, 3.63) is 70.5 Å². The van der Waals surface area contributed by atoms with E-state index >= 15 is 0 Å². The van der Waals surface area contributed by atoms with E-state index in [0.29, 0.717) is 12.1 Å². The molecule has 2 aromatic carbocycles. The van der Waals surface area contributed by atoms with E-state index in [0.717, 1.165) is 18.4 Å². The molecule has 0 unspecified atom stereocenters. The molecule has 0 saturated heterocycles. The Kier molecular flexibility index (Phi) is 5.67. The number of hydrogen-bond donors (Lipinski definition) is 2. The average Bonchev–Trinajstić information content (AvgIpc) is 2.55. The number of aliphatic hydroxyl groups is 1. The summed E-state index contributed by atoms with van der Waals surface area (Å²) in [6.45, 7) is 2.05. The molecule has 4 heteroatoms. The number of benzene rings is 2. The minimum atomic E-state index is -0.441. The maximum Gasteiger partial charge on any atom is 0.251 e. The minimum absolute atomic E-state index is 0.169. The minimum Gasteiger partial charge on any atom is -0.392 e. The first-order valence-corrected chi connectivity index (χ1v) is 7.39. The van der Waals surface area contributed by atoms with Crippen LogP contribution in [0.15, 0.2) is 42.5 Å². The molecule has 0 fully saturated rings. The van der Waals surface area contributed by atoms with Gasteiger partial charge in [-0.3, -0.25) is 4.79 Å². The van der Waals surface area contributed by atoms with Crippen LogP contribution < -0.4 is 5.32 Å². The van der Waals surface area contributed by atoms with Gasteiger partial charge in [0.1, 0.15) is 5.82 Å². The van der Waals surface area contributed by atoms with Crippen LogP contribution in [-0.2, 0) is 19.6 Å². The molecule has 0 aliphatic rings. The third-order valence-corrected chi connectivity index (χ3v) is 3.49. The first-order chi connectivity index (χ1) is 10.6. The van der Waals surface area contributed by atoms with E-state index in [1.165, 1.54) is 11.6 Å². The number of aliphatic hydroxyl groups excluding tert-OH is 1. The van der Waals surface area contributed by atoms with Crippen LogP contribution in [0.4, 0.5) is 4.39 Å². The molecule has 0 aliphatic heterocycles. The van der Waals surface area contributed by atoms with Crippen LogP contribution in [-0.4, -0.2) is 11.0 Å². The van der Waals surface area contributed by atoms with Crippen LogP contribution in [0.1, 0.15) is 40.4 Å². The summed E-state index contributed by atoms with van der Waals surface area (Å²) in [5.74, 6) is -0.609. The average molecular weight is 301 g/mol. The van der Waals surface area contributed by atoms with Gasteiger partial charge in [0.05, 0.1) is 6.61 Å². The van der Waals surface area contributed by atoms with Gasteiger partial charge in [-0.05, 0) is 41.8 Å². The fraction of sp³-hybridized carbons (Fsp3) is 0.278. The fourth-order valence-corrected chi connectivity index (χ4v) is 2.26. The highest BCUT2D eigenvalue weighted by molar-refractivity contribution is 5.94. The molecule has 0 aromatic heterocycles. The van der Waals surface area contributed by atoms with Gasteiger partial charge in [0, 0.05) is 17.7 Å². The van der Waals surface area contributed by atoms with Gasteiger partial charge in [-0.2, -0.15) is 0 Å². The Hall–Kier alpha value is -2.20. The van der Waals surface area contributed by atoms with Gasteiger partial charge in [0.25, 0.3) is 5.91 Å². The summed E-state index contributed by atoms with van der Waals surface area (Å²) in [4.78, 5) is 12.1. The van der Waals surface area contributed by atoms with E-state index in [1.54, 1.807) is 12.1 Å². The standard InChI is InChI=1S/C18H20FNO2/c1-2-3-13-4-7-15(8-5-13)18(22)20-11-14-6-9-17(19)16(10-14)12-21/h4-10,21H,2-3,11-12H2,1H3,(H,20,22). The molecule has 1 amide bonds. The molecule has 22 heavy (non-hydrogen) atoms. The van der Waals surface area contributed by atoms with E-state index in [9.17, 15) is 9.18 Å². The lowest BCUT2D eigenvalue weighted by Crippen LogP contribution is -2.22. The topological polar surface area (TPSA) is 49.3 Å². The van der Waals surface area contributed by atoms with Gasteiger partial charge >= 0.3 is 0 Å². The monoisotopic (exact) mass is 301 g/mol. The second-order valence-electron chi connectivity index (χ2n) is 5.21. The van der Waals surface area contributed by atoms with Crippen molar-refractivity contribution in [3.63, 3.8) is 0 Å². The van der Waals surface area contributed by atoms with Crippen LogP contribution in [0, 0.1) is 5.82 Å². The van der Waals surface area contributed by atoms with E-state index in [4.69, 9.17) is 5.11 Å². The number of hydrogen-bond acceptors (Lipinski definition) is 2. The Morgan fingerprint density at radius 2 is 1.82 bits per heavy atom. The molecule has 2 rings (SSSR count). The molecule has 3 nitrogen and oxygen atoms in total. The Bertz CT molecular complexity index is 638. The van der Waals surface area contributed by atoms with Gasteiger partial charge in [0.15, 0.2) is 0 Å². The van der Waals surface area contributed by atoms with Crippen molar-refractivity contribution in [2.24, 2.45) is 0 Å². The van der Waals surface area contributed by atoms with Crippen molar-refractivity contribution in [1.82, 2.24) is 5.32 Å². The third kappa shape index (κ3) is 4.15. The number of carbonyl (C=O) groups is 1. The maximum absolute atomic E-state index is 13.3. The first-order valence-electron chi connectivity index (χ1n) is 7.39. The second-order valence-corrected chi connectivity index (χ2v) is 5.21. The van der Waals surface area contributed by atoms with E-state index < -0.39 is 5.82 Å². The van der Waals surface area contributed by atoms with Crippen LogP contribution in [0.25, 0.3) is 0 Å². The summed E-state index contributed by atoms with van der Waals surface area (Å²) < 4.78 is 13.3. The smallest absolute Gasteiger partial charge is 0.251 e. The van der Waals surface area contributed by atoms with Crippen LogP contribution in [0.5, 0.6) is 0 Å². The normalized spacial score (nSPS) is 10.5. The van der Waals surface area contributed by atoms with Crippen molar-refractivity contribution < 1.29 is 14.3 Å². The quantitative estimate of drug-likeness (QED) is 0.861. The van der Waals surface area contributed by atoms with E-state index in [1.807, 2.05) is 24.3 Å². The number of carbonyl (C=O) groups excluding carboxylic acids is 1. The van der Waals surface area contributed by atoms with Gasteiger partial charge in [-0.25, -0.2) is 4.39 Å². The summed E-state index contributed by atoms with van der Waals surface area (Å²) in [6, 6.07) is 12.0. The van der Waals surface area contributed by atoms with Crippen molar-refractivity contribution >= 4 is 5.91 Å². The van der Waals surface area contributed by atoms with E-state index in [-0.39, 0.29) is 18.1 Å². The summed E-state index contributed by atoms with van der Waals surface area (Å²) in [6.07, 6.45) is 2.07. The van der Waals surface area contributed by atoms with Crippen molar-refractivity contribution in [2.45, 2.75) is 32.9 Å². The lowest BCUT2D eigenvalue weighted by Gasteiger charge is -2.08. The SMILES string of the molecule is CCCc1ccc(C(=O)NCc2ccc(F)c(CO)c2)cc1. The second kappa shape index (κ2) is 7.71. The summed E-state index contributed by atoms with van der Waals surface area (Å²) >= 11 is 0. The number of aryl methyl sites for hydroxylation is 1. The lowest BCUT2D eigenvalue weighted by molar-refractivity contribution is 0.0951. The van der Waals surface area contributed by atoms with Crippen molar-refractivity contribution in [1.29, 1.82) is 0 Å². The molecule has 0 saturated carbocycles. The van der Waals surface area contributed by atoms with Crippen molar-refractivity contribution in [3.8, 4) is 0 Å². The lowest BCUT2D eigenvalue weighted by atomic mass is 10.1. The highest BCUT2D eigenvalue weighted by Crippen LogP contribution is 2.11. The molecule has 116 valence electrons. The Morgan fingerprint density at radius 3 is 2.45 bits per heavy atom. The predicted molar refractivity (Wildman–Crippen MR) is 83.9 cm³/mol. The largest absolute Gasteiger partial charge is 0.392 e. The summed E-state index contributed by atoms with van der Waals surface area (Å²) in [5.41, 5.74) is 2.80. The summed E-state index contributed by atoms with van der Waals surface area (Å²) in [7, 11) is 0. The van der Waals surface area contributed by atoms with Crippen LogP contribution >= 0.6 is 0 Å². The predicted octanol–water partition coefficient (Wildman–Crippen LogP) is 3.20. The van der Waals surface area contributed by atoms with Gasteiger partial charge in [0.2, 0.25) is 0 Å². The third-order valence-electron chi connectivity index (χ3n) is 3.49. The zero-order valence-electron chi connectivity index (χ0n) is 12.6. The number of halogens is 1. The summed E-state index contributed by atoms with van der Waals surface area (Å²) in [5, 5.41) is 11.8. The molecular formula is C18H20FNO2. The molecule has 2 N–H and O–H groups in total. The molecule has 0 atom stereocenters. The number of nitrogens with one attached hydrogen (secondary N) is 1. The number of rotatable bonds is 6. The van der Waals surface area contributed by atoms with Crippen LogP contribution in [0.2, 0.25) is 0 Å². The van der Waals surface area contributed by atoms with Gasteiger partial charge in [-0.1, -0.05) is 31.5 Å². The van der Waals surface area contributed by atoms with E-state index in [2.05, 4.69) is 12.2 Å². The number of amides is 1. The molecule has 0 spiro atoms. The van der Waals surface area contributed by atoms with Crippen LogP contribution in [0.3, 0.4) is 0 Å². The molecule has 0 aliphatic carbocycles. The van der Waals surface area contributed by atoms with Gasteiger partial charge in [-0.15, -0.1) is 0 Å². The molecule has 0 radical (unpaired) electrons.